The number of pyridine rings is 1. The van der Waals surface area contributed by atoms with E-state index in [0.29, 0.717) is 39.6 Å². The number of amides is 1. The zero-order valence-electron chi connectivity index (χ0n) is 16.6. The van der Waals surface area contributed by atoms with Crippen molar-refractivity contribution in [3.05, 3.63) is 57.9 Å². The van der Waals surface area contributed by atoms with E-state index in [1.54, 1.807) is 37.4 Å². The molecule has 1 heterocycles. The summed E-state index contributed by atoms with van der Waals surface area (Å²) in [6.45, 7) is 0.0535. The highest BCUT2D eigenvalue weighted by Gasteiger charge is 2.17. The Morgan fingerprint density at radius 1 is 0.931 bits per heavy atom. The SMILES string of the molecule is COc1ccc2[nH]c(=O)c(CNC(=O)c3cc(OC)c(OC)c(OC)c3)cc2c1. The van der Waals surface area contributed by atoms with E-state index in [1.807, 2.05) is 6.07 Å². The first-order valence-corrected chi connectivity index (χ1v) is 8.78. The van der Waals surface area contributed by atoms with Crippen LogP contribution in [0, 0.1) is 0 Å². The predicted molar refractivity (Wildman–Crippen MR) is 108 cm³/mol. The first-order chi connectivity index (χ1) is 14.0. The molecule has 0 saturated heterocycles. The molecule has 0 unspecified atom stereocenters. The Balaban J connectivity index is 1.85. The van der Waals surface area contributed by atoms with Gasteiger partial charge in [0.25, 0.3) is 11.5 Å². The van der Waals surface area contributed by atoms with E-state index >= 15 is 0 Å². The average molecular weight is 398 g/mol. The molecule has 3 aromatic rings. The molecule has 0 aliphatic heterocycles. The molecular formula is C21H22N2O6. The van der Waals surface area contributed by atoms with Gasteiger partial charge in [0.2, 0.25) is 5.75 Å². The van der Waals surface area contributed by atoms with Crippen LogP contribution in [-0.4, -0.2) is 39.3 Å². The van der Waals surface area contributed by atoms with Gasteiger partial charge in [-0.15, -0.1) is 0 Å². The minimum absolute atomic E-state index is 0.0535. The Labute approximate surface area is 167 Å². The van der Waals surface area contributed by atoms with E-state index in [0.717, 1.165) is 5.39 Å². The molecule has 0 aliphatic rings. The maximum atomic E-state index is 12.6. The molecule has 3 rings (SSSR count). The van der Waals surface area contributed by atoms with Crippen molar-refractivity contribution < 1.29 is 23.7 Å². The third-order valence-corrected chi connectivity index (χ3v) is 4.49. The van der Waals surface area contributed by atoms with Gasteiger partial charge in [-0.25, -0.2) is 0 Å². The quantitative estimate of drug-likeness (QED) is 0.634. The number of hydrogen-bond acceptors (Lipinski definition) is 6. The number of carbonyl (C=O) groups is 1. The molecule has 0 saturated carbocycles. The second-order valence-corrected chi connectivity index (χ2v) is 6.17. The number of H-pyrrole nitrogens is 1. The molecule has 1 aromatic heterocycles. The van der Waals surface area contributed by atoms with Crippen molar-refractivity contribution in [1.29, 1.82) is 0 Å². The molecule has 8 heteroatoms. The van der Waals surface area contributed by atoms with Crippen LogP contribution in [-0.2, 0) is 6.54 Å². The van der Waals surface area contributed by atoms with E-state index in [2.05, 4.69) is 10.3 Å². The van der Waals surface area contributed by atoms with Gasteiger partial charge in [-0.1, -0.05) is 0 Å². The second kappa shape index (κ2) is 8.55. The van der Waals surface area contributed by atoms with Crippen LogP contribution in [0.2, 0.25) is 0 Å². The molecule has 2 aromatic carbocycles. The zero-order valence-corrected chi connectivity index (χ0v) is 16.6. The van der Waals surface area contributed by atoms with Gasteiger partial charge in [0.05, 0.1) is 28.4 Å². The molecule has 0 spiro atoms. The molecular weight excluding hydrogens is 376 g/mol. The Morgan fingerprint density at radius 2 is 1.62 bits per heavy atom. The van der Waals surface area contributed by atoms with Crippen molar-refractivity contribution >= 4 is 16.8 Å². The van der Waals surface area contributed by atoms with Gasteiger partial charge in [0.15, 0.2) is 11.5 Å². The van der Waals surface area contributed by atoms with Gasteiger partial charge in [-0.3, -0.25) is 9.59 Å². The van der Waals surface area contributed by atoms with Crippen molar-refractivity contribution in [3.63, 3.8) is 0 Å². The number of fused-ring (bicyclic) bond motifs is 1. The number of hydrogen-bond donors (Lipinski definition) is 2. The van der Waals surface area contributed by atoms with Crippen LogP contribution < -0.4 is 29.8 Å². The van der Waals surface area contributed by atoms with Gasteiger partial charge in [0.1, 0.15) is 5.75 Å². The molecule has 2 N–H and O–H groups in total. The number of carbonyl (C=O) groups excluding carboxylic acids is 1. The lowest BCUT2D eigenvalue weighted by Gasteiger charge is -2.14. The summed E-state index contributed by atoms with van der Waals surface area (Å²) >= 11 is 0. The van der Waals surface area contributed by atoms with Gasteiger partial charge in [0, 0.05) is 28.6 Å². The maximum Gasteiger partial charge on any atom is 0.253 e. The number of ether oxygens (including phenoxy) is 4. The fraction of sp³-hybridized carbons (Fsp3) is 0.238. The van der Waals surface area contributed by atoms with Crippen LogP contribution in [0.15, 0.2) is 41.2 Å². The van der Waals surface area contributed by atoms with Crippen LogP contribution in [0.25, 0.3) is 10.9 Å². The summed E-state index contributed by atoms with van der Waals surface area (Å²) in [6.07, 6.45) is 0. The highest BCUT2D eigenvalue weighted by molar-refractivity contribution is 5.95. The Bertz CT molecular complexity index is 1080. The summed E-state index contributed by atoms with van der Waals surface area (Å²) in [6, 6.07) is 10.2. The molecule has 0 aliphatic carbocycles. The Morgan fingerprint density at radius 3 is 2.21 bits per heavy atom. The van der Waals surface area contributed by atoms with E-state index in [-0.39, 0.29) is 18.0 Å². The predicted octanol–water partition coefficient (Wildman–Crippen LogP) is 2.49. The minimum atomic E-state index is -0.380. The summed E-state index contributed by atoms with van der Waals surface area (Å²) in [5.74, 6) is 1.43. The van der Waals surface area contributed by atoms with Crippen LogP contribution in [0.1, 0.15) is 15.9 Å². The van der Waals surface area contributed by atoms with Crippen molar-refractivity contribution in [2.45, 2.75) is 6.54 Å². The number of methoxy groups -OCH3 is 4. The smallest absolute Gasteiger partial charge is 0.253 e. The number of aromatic nitrogens is 1. The van der Waals surface area contributed by atoms with Crippen molar-refractivity contribution in [2.75, 3.05) is 28.4 Å². The molecule has 0 fully saturated rings. The summed E-state index contributed by atoms with van der Waals surface area (Å²) in [4.78, 5) is 27.8. The van der Waals surface area contributed by atoms with Gasteiger partial charge in [-0.05, 0) is 36.4 Å². The second-order valence-electron chi connectivity index (χ2n) is 6.17. The third-order valence-electron chi connectivity index (χ3n) is 4.49. The van der Waals surface area contributed by atoms with Gasteiger partial charge < -0.3 is 29.2 Å². The highest BCUT2D eigenvalue weighted by atomic mass is 16.5. The number of aromatic amines is 1. The number of rotatable bonds is 7. The van der Waals surface area contributed by atoms with E-state index in [9.17, 15) is 9.59 Å². The lowest BCUT2D eigenvalue weighted by Crippen LogP contribution is -2.26. The monoisotopic (exact) mass is 398 g/mol. The van der Waals surface area contributed by atoms with Gasteiger partial charge in [-0.2, -0.15) is 0 Å². The molecule has 29 heavy (non-hydrogen) atoms. The highest BCUT2D eigenvalue weighted by Crippen LogP contribution is 2.38. The van der Waals surface area contributed by atoms with Gasteiger partial charge >= 0.3 is 0 Å². The van der Waals surface area contributed by atoms with Crippen molar-refractivity contribution in [2.24, 2.45) is 0 Å². The molecule has 8 nitrogen and oxygen atoms in total. The zero-order chi connectivity index (χ0) is 21.0. The fourth-order valence-corrected chi connectivity index (χ4v) is 2.98. The molecule has 152 valence electrons. The lowest BCUT2D eigenvalue weighted by atomic mass is 10.1. The summed E-state index contributed by atoms with van der Waals surface area (Å²) in [5, 5.41) is 3.55. The number of nitrogens with one attached hydrogen (secondary N) is 2. The molecule has 0 atom stereocenters. The Kier molecular flexibility index (Phi) is 5.92. The van der Waals surface area contributed by atoms with Crippen LogP contribution >= 0.6 is 0 Å². The topological polar surface area (TPSA) is 98.9 Å². The Hall–Kier alpha value is -3.68. The summed E-state index contributed by atoms with van der Waals surface area (Å²) < 4.78 is 21.0. The normalized spacial score (nSPS) is 10.5. The first-order valence-electron chi connectivity index (χ1n) is 8.78. The number of benzene rings is 2. The molecule has 0 bridgehead atoms. The maximum absolute atomic E-state index is 12.6. The van der Waals surface area contributed by atoms with Crippen molar-refractivity contribution in [1.82, 2.24) is 10.3 Å². The minimum Gasteiger partial charge on any atom is -0.497 e. The standard InChI is InChI=1S/C21H22N2O6/c1-26-15-5-6-16-12(8-15)7-14(21(25)23-16)11-22-20(24)13-9-17(27-2)19(29-4)18(10-13)28-3/h5-10H,11H2,1-4H3,(H,22,24)(H,23,25). The van der Waals surface area contributed by atoms with Crippen LogP contribution in [0.5, 0.6) is 23.0 Å². The molecule has 1 amide bonds. The van der Waals surface area contributed by atoms with E-state index < -0.39 is 0 Å². The summed E-state index contributed by atoms with van der Waals surface area (Å²) in [5.41, 5.74) is 1.16. The lowest BCUT2D eigenvalue weighted by molar-refractivity contribution is 0.0950. The third kappa shape index (κ3) is 4.11. The first kappa shape index (κ1) is 20.1. The average Bonchev–Trinajstić information content (AvgIpc) is 2.75. The largest absolute Gasteiger partial charge is 0.497 e. The van der Waals surface area contributed by atoms with E-state index in [4.69, 9.17) is 18.9 Å². The van der Waals surface area contributed by atoms with E-state index in [1.165, 1.54) is 21.3 Å². The summed E-state index contributed by atoms with van der Waals surface area (Å²) in [7, 11) is 6.01. The van der Waals surface area contributed by atoms with Crippen molar-refractivity contribution in [3.8, 4) is 23.0 Å². The van der Waals surface area contributed by atoms with Crippen LogP contribution in [0.4, 0.5) is 0 Å². The fourth-order valence-electron chi connectivity index (χ4n) is 2.98. The molecule has 0 radical (unpaired) electrons. The van der Waals surface area contributed by atoms with Crippen LogP contribution in [0.3, 0.4) is 0 Å².